The van der Waals surface area contributed by atoms with Crippen LogP contribution in [-0.2, 0) is 6.54 Å². The Morgan fingerprint density at radius 1 is 1.00 bits per heavy atom. The molecule has 1 heterocycles. The lowest BCUT2D eigenvalue weighted by Gasteiger charge is -2.32. The van der Waals surface area contributed by atoms with E-state index in [2.05, 4.69) is 5.32 Å². The molecule has 0 aliphatic rings. The monoisotopic (exact) mass is 392 g/mol. The van der Waals surface area contributed by atoms with E-state index in [9.17, 15) is 14.0 Å². The minimum atomic E-state index is -0.443. The quantitative estimate of drug-likeness (QED) is 0.692. The summed E-state index contributed by atoms with van der Waals surface area (Å²) in [4.78, 5) is 25.8. The average Bonchev–Trinajstić information content (AvgIpc) is 2.68. The van der Waals surface area contributed by atoms with Crippen molar-refractivity contribution in [3.05, 3.63) is 106 Å². The van der Waals surface area contributed by atoms with Crippen molar-refractivity contribution in [2.75, 3.05) is 0 Å². The normalized spacial score (nSPS) is 12.4. The highest BCUT2D eigenvalue weighted by Gasteiger charge is 2.29. The first-order chi connectivity index (χ1) is 13.8. The van der Waals surface area contributed by atoms with E-state index >= 15 is 0 Å². The molecule has 1 unspecified atom stereocenters. The van der Waals surface area contributed by atoms with Gasteiger partial charge in [-0.3, -0.25) is 9.59 Å². The van der Waals surface area contributed by atoms with E-state index in [0.29, 0.717) is 6.54 Å². The van der Waals surface area contributed by atoms with Gasteiger partial charge in [0.25, 0.3) is 11.5 Å². The van der Waals surface area contributed by atoms with E-state index in [0.717, 1.165) is 11.1 Å². The van der Waals surface area contributed by atoms with Crippen LogP contribution in [0.15, 0.2) is 77.7 Å². The molecule has 29 heavy (non-hydrogen) atoms. The molecule has 2 aromatic carbocycles. The molecule has 1 N–H and O–H groups in total. The van der Waals surface area contributed by atoms with E-state index in [1.807, 2.05) is 51.1 Å². The molecule has 3 rings (SSSR count). The van der Waals surface area contributed by atoms with Crippen LogP contribution in [0.1, 0.15) is 48.3 Å². The maximum absolute atomic E-state index is 13.3. The Labute approximate surface area is 170 Å². The second-order valence-corrected chi connectivity index (χ2v) is 8.16. The first-order valence-corrected chi connectivity index (χ1v) is 9.55. The summed E-state index contributed by atoms with van der Waals surface area (Å²) in [5, 5.41) is 2.97. The van der Waals surface area contributed by atoms with Gasteiger partial charge in [-0.25, -0.2) is 4.39 Å². The summed E-state index contributed by atoms with van der Waals surface area (Å²) in [7, 11) is 0. The zero-order valence-electron chi connectivity index (χ0n) is 16.9. The van der Waals surface area contributed by atoms with Crippen molar-refractivity contribution in [2.24, 2.45) is 5.41 Å². The summed E-state index contributed by atoms with van der Waals surface area (Å²) < 4.78 is 14.8. The predicted molar refractivity (Wildman–Crippen MR) is 112 cm³/mol. The van der Waals surface area contributed by atoms with Crippen LogP contribution in [0.5, 0.6) is 0 Å². The molecule has 0 radical (unpaired) electrons. The minimum absolute atomic E-state index is 0.0831. The number of carbonyl (C=O) groups is 1. The van der Waals surface area contributed by atoms with Crippen molar-refractivity contribution in [1.82, 2.24) is 9.88 Å². The van der Waals surface area contributed by atoms with Crippen LogP contribution in [0.2, 0.25) is 0 Å². The number of hydrogen-bond donors (Lipinski definition) is 1. The summed E-state index contributed by atoms with van der Waals surface area (Å²) >= 11 is 0. The molecular formula is C24H25FN2O2. The van der Waals surface area contributed by atoms with Crippen LogP contribution >= 0.6 is 0 Å². The molecule has 0 saturated carbocycles. The van der Waals surface area contributed by atoms with E-state index in [-0.39, 0.29) is 28.4 Å². The standard InChI is InChI=1S/C24H25FN2O2/c1-24(2,3)21(18-11-13-19(25)14-12-18)26-22(28)20-10-7-15-27(23(20)29)16-17-8-5-4-6-9-17/h4-15,21H,16H2,1-3H3,(H,26,28). The molecule has 0 spiro atoms. The number of rotatable bonds is 5. The van der Waals surface area contributed by atoms with Crippen molar-refractivity contribution in [1.29, 1.82) is 0 Å². The number of amides is 1. The number of nitrogens with one attached hydrogen (secondary N) is 1. The third-order valence-electron chi connectivity index (χ3n) is 4.81. The zero-order valence-corrected chi connectivity index (χ0v) is 16.9. The summed E-state index contributed by atoms with van der Waals surface area (Å²) in [5.41, 5.74) is 1.17. The second kappa shape index (κ2) is 8.43. The molecule has 0 fully saturated rings. The molecule has 5 heteroatoms. The fourth-order valence-electron chi connectivity index (χ4n) is 3.28. The van der Waals surface area contributed by atoms with E-state index in [4.69, 9.17) is 0 Å². The summed E-state index contributed by atoms with van der Waals surface area (Å²) in [6.07, 6.45) is 1.67. The lowest BCUT2D eigenvalue weighted by Crippen LogP contribution is -2.39. The van der Waals surface area contributed by atoms with Crippen LogP contribution in [-0.4, -0.2) is 10.5 Å². The molecule has 1 amide bonds. The fourth-order valence-corrected chi connectivity index (χ4v) is 3.28. The molecule has 0 saturated heterocycles. The highest BCUT2D eigenvalue weighted by Crippen LogP contribution is 2.33. The Kier molecular flexibility index (Phi) is 5.97. The van der Waals surface area contributed by atoms with Gasteiger partial charge in [-0.1, -0.05) is 63.2 Å². The number of aromatic nitrogens is 1. The summed E-state index contributed by atoms with van der Waals surface area (Å²) in [5.74, 6) is -0.777. The van der Waals surface area contributed by atoms with Crippen molar-refractivity contribution < 1.29 is 9.18 Å². The average molecular weight is 392 g/mol. The largest absolute Gasteiger partial charge is 0.345 e. The van der Waals surface area contributed by atoms with Gasteiger partial charge in [0.1, 0.15) is 11.4 Å². The summed E-state index contributed by atoms with van der Waals surface area (Å²) in [6, 6.07) is 18.5. The van der Waals surface area contributed by atoms with Gasteiger partial charge >= 0.3 is 0 Å². The van der Waals surface area contributed by atoms with Crippen molar-refractivity contribution >= 4 is 5.91 Å². The lowest BCUT2D eigenvalue weighted by molar-refractivity contribution is 0.0899. The van der Waals surface area contributed by atoms with Crippen LogP contribution in [0.4, 0.5) is 4.39 Å². The third kappa shape index (κ3) is 4.99. The first kappa shape index (κ1) is 20.5. The first-order valence-electron chi connectivity index (χ1n) is 9.55. The maximum Gasteiger partial charge on any atom is 0.263 e. The molecule has 0 aliphatic carbocycles. The molecular weight excluding hydrogens is 367 g/mol. The van der Waals surface area contributed by atoms with Gasteiger partial charge in [-0.2, -0.15) is 0 Å². The highest BCUT2D eigenvalue weighted by molar-refractivity contribution is 5.94. The van der Waals surface area contributed by atoms with Gasteiger partial charge < -0.3 is 9.88 Å². The third-order valence-corrected chi connectivity index (χ3v) is 4.81. The number of hydrogen-bond acceptors (Lipinski definition) is 2. The zero-order chi connectivity index (χ0) is 21.0. The topological polar surface area (TPSA) is 51.1 Å². The number of nitrogens with zero attached hydrogens (tertiary/aromatic N) is 1. The van der Waals surface area contributed by atoms with E-state index in [1.54, 1.807) is 24.4 Å². The predicted octanol–water partition coefficient (Wildman–Crippen LogP) is 4.55. The van der Waals surface area contributed by atoms with Crippen LogP contribution in [0.3, 0.4) is 0 Å². The molecule has 150 valence electrons. The van der Waals surface area contributed by atoms with Crippen LogP contribution in [0, 0.1) is 11.2 Å². The molecule has 3 aromatic rings. The van der Waals surface area contributed by atoms with Crippen molar-refractivity contribution in [3.63, 3.8) is 0 Å². The smallest absolute Gasteiger partial charge is 0.263 e. The Morgan fingerprint density at radius 3 is 2.28 bits per heavy atom. The Hall–Kier alpha value is -3.21. The number of carbonyl (C=O) groups excluding carboxylic acids is 1. The lowest BCUT2D eigenvalue weighted by atomic mass is 9.82. The molecule has 4 nitrogen and oxygen atoms in total. The van der Waals surface area contributed by atoms with Crippen LogP contribution in [0.25, 0.3) is 0 Å². The molecule has 1 atom stereocenters. The second-order valence-electron chi connectivity index (χ2n) is 8.16. The van der Waals surface area contributed by atoms with E-state index < -0.39 is 5.91 Å². The minimum Gasteiger partial charge on any atom is -0.345 e. The Bertz CT molecular complexity index is 1030. The van der Waals surface area contributed by atoms with Gasteiger partial charge in [0, 0.05) is 6.20 Å². The van der Waals surface area contributed by atoms with Gasteiger partial charge in [-0.05, 0) is 40.8 Å². The van der Waals surface area contributed by atoms with Crippen LogP contribution < -0.4 is 10.9 Å². The highest BCUT2D eigenvalue weighted by atomic mass is 19.1. The molecule has 1 aromatic heterocycles. The fraction of sp³-hybridized carbons (Fsp3) is 0.250. The number of benzene rings is 2. The summed E-state index contributed by atoms with van der Waals surface area (Å²) in [6.45, 7) is 6.35. The maximum atomic E-state index is 13.3. The number of halogens is 1. The van der Waals surface area contributed by atoms with Gasteiger partial charge in [0.05, 0.1) is 12.6 Å². The van der Waals surface area contributed by atoms with Gasteiger partial charge in [0.15, 0.2) is 0 Å². The van der Waals surface area contributed by atoms with Gasteiger partial charge in [-0.15, -0.1) is 0 Å². The van der Waals surface area contributed by atoms with Crippen molar-refractivity contribution in [3.8, 4) is 0 Å². The van der Waals surface area contributed by atoms with Gasteiger partial charge in [0.2, 0.25) is 0 Å². The Balaban J connectivity index is 1.88. The number of pyridine rings is 1. The molecule has 0 bridgehead atoms. The van der Waals surface area contributed by atoms with Crippen molar-refractivity contribution in [2.45, 2.75) is 33.4 Å². The molecule has 0 aliphatic heterocycles. The SMILES string of the molecule is CC(C)(C)C(NC(=O)c1cccn(Cc2ccccc2)c1=O)c1ccc(F)cc1. The Morgan fingerprint density at radius 2 is 1.66 bits per heavy atom. The van der Waals surface area contributed by atoms with E-state index in [1.165, 1.54) is 22.8 Å².